The number of carbonyl (C=O) groups is 3. The zero-order valence-electron chi connectivity index (χ0n) is 7.72. The molecule has 0 spiro atoms. The van der Waals surface area contributed by atoms with Crippen LogP contribution in [0.15, 0.2) is 0 Å². The number of likely N-dealkylation sites (N-methyl/N-ethyl adjacent to an activating group) is 1. The molecule has 0 atom stereocenters. The number of halogens is 1. The van der Waals surface area contributed by atoms with Gasteiger partial charge >= 0.3 is 6.03 Å². The third kappa shape index (κ3) is 6.24. The number of amides is 4. The number of imide groups is 1. The van der Waals surface area contributed by atoms with Crippen LogP contribution in [-0.2, 0) is 9.59 Å². The Hall–Kier alpha value is -1.30. The number of alkyl halides is 1. The summed E-state index contributed by atoms with van der Waals surface area (Å²) in [5, 5.41) is 6.59. The van der Waals surface area contributed by atoms with E-state index in [4.69, 9.17) is 11.6 Å². The van der Waals surface area contributed by atoms with Gasteiger partial charge in [-0.2, -0.15) is 0 Å². The van der Waals surface area contributed by atoms with E-state index in [2.05, 4.69) is 10.6 Å². The molecule has 80 valence electrons. The Labute approximate surface area is 86.4 Å². The summed E-state index contributed by atoms with van der Waals surface area (Å²) < 4.78 is 0. The van der Waals surface area contributed by atoms with Gasteiger partial charge in [0.05, 0.1) is 6.54 Å². The van der Waals surface area contributed by atoms with Crippen molar-refractivity contribution in [2.24, 2.45) is 0 Å². The molecule has 0 radical (unpaired) electrons. The zero-order valence-corrected chi connectivity index (χ0v) is 8.48. The van der Waals surface area contributed by atoms with Crippen LogP contribution in [0.4, 0.5) is 4.79 Å². The molecule has 6 nitrogen and oxygen atoms in total. The van der Waals surface area contributed by atoms with Crippen LogP contribution < -0.4 is 16.0 Å². The van der Waals surface area contributed by atoms with Crippen LogP contribution in [0.5, 0.6) is 0 Å². The van der Waals surface area contributed by atoms with Gasteiger partial charge in [-0.25, -0.2) is 4.79 Å². The molecule has 4 amide bonds. The first-order valence-electron chi connectivity index (χ1n) is 4.00. The maximum atomic E-state index is 10.8. The van der Waals surface area contributed by atoms with Crippen molar-refractivity contribution in [1.82, 2.24) is 16.0 Å². The molecule has 3 N–H and O–H groups in total. The van der Waals surface area contributed by atoms with Gasteiger partial charge < -0.3 is 10.6 Å². The van der Waals surface area contributed by atoms with Crippen LogP contribution in [0, 0.1) is 0 Å². The lowest BCUT2D eigenvalue weighted by Crippen LogP contribution is -2.44. The van der Waals surface area contributed by atoms with Gasteiger partial charge in [0.1, 0.15) is 5.88 Å². The Bertz CT molecular complexity index is 232. The lowest BCUT2D eigenvalue weighted by molar-refractivity contribution is -0.120. The molecule has 14 heavy (non-hydrogen) atoms. The maximum Gasteiger partial charge on any atom is 0.321 e. The standard InChI is InChI=1S/C7H12ClN3O3/c1-2-9-6(13)4-10-7(14)11-5(12)3-8/h2-4H2,1H3,(H,9,13)(H2,10,11,12,14). The van der Waals surface area contributed by atoms with Crippen molar-refractivity contribution >= 4 is 29.4 Å². The summed E-state index contributed by atoms with van der Waals surface area (Å²) >= 11 is 5.14. The van der Waals surface area contributed by atoms with E-state index in [1.165, 1.54) is 0 Å². The van der Waals surface area contributed by atoms with Gasteiger partial charge in [0, 0.05) is 6.54 Å². The maximum absolute atomic E-state index is 10.8. The molecule has 0 heterocycles. The van der Waals surface area contributed by atoms with Crippen molar-refractivity contribution in [2.45, 2.75) is 6.92 Å². The molecule has 0 fully saturated rings. The number of carbonyl (C=O) groups excluding carboxylic acids is 3. The number of hydrogen-bond acceptors (Lipinski definition) is 3. The Balaban J connectivity index is 3.63. The van der Waals surface area contributed by atoms with Crippen molar-refractivity contribution in [3.63, 3.8) is 0 Å². The van der Waals surface area contributed by atoms with Crippen LogP contribution in [0.2, 0.25) is 0 Å². The molecule has 7 heteroatoms. The minimum absolute atomic E-state index is 0.171. The summed E-state index contributed by atoms with van der Waals surface area (Å²) in [4.78, 5) is 32.3. The van der Waals surface area contributed by atoms with E-state index in [9.17, 15) is 14.4 Å². The van der Waals surface area contributed by atoms with Crippen LogP contribution in [0.1, 0.15) is 6.92 Å². The van der Waals surface area contributed by atoms with Crippen molar-refractivity contribution in [3.05, 3.63) is 0 Å². The molecule has 0 saturated carbocycles. The van der Waals surface area contributed by atoms with Crippen molar-refractivity contribution in [1.29, 1.82) is 0 Å². The SMILES string of the molecule is CCNC(=O)CNC(=O)NC(=O)CCl. The summed E-state index contributed by atoms with van der Waals surface area (Å²) in [6.45, 7) is 2.08. The smallest absolute Gasteiger partial charge is 0.321 e. The third-order valence-corrected chi connectivity index (χ3v) is 1.40. The number of rotatable bonds is 4. The van der Waals surface area contributed by atoms with Crippen molar-refractivity contribution < 1.29 is 14.4 Å². The molecule has 0 bridgehead atoms. The predicted molar refractivity (Wildman–Crippen MR) is 50.9 cm³/mol. The quantitative estimate of drug-likeness (QED) is 0.543. The fourth-order valence-electron chi connectivity index (χ4n) is 0.624. The Kier molecular flexibility index (Phi) is 6.47. The Morgan fingerprint density at radius 2 is 1.79 bits per heavy atom. The van der Waals surface area contributed by atoms with E-state index >= 15 is 0 Å². The average molecular weight is 222 g/mol. The highest BCUT2D eigenvalue weighted by Crippen LogP contribution is 1.74. The third-order valence-electron chi connectivity index (χ3n) is 1.16. The van der Waals surface area contributed by atoms with Gasteiger partial charge in [-0.1, -0.05) is 0 Å². The molecule has 0 aliphatic rings. The minimum Gasteiger partial charge on any atom is -0.355 e. The fraction of sp³-hybridized carbons (Fsp3) is 0.571. The van der Waals surface area contributed by atoms with Crippen LogP contribution in [-0.4, -0.2) is 36.8 Å². The first kappa shape index (κ1) is 12.7. The molecule has 0 aliphatic heterocycles. The monoisotopic (exact) mass is 221 g/mol. The second-order valence-corrected chi connectivity index (χ2v) is 2.59. The summed E-state index contributed by atoms with van der Waals surface area (Å²) in [7, 11) is 0. The topological polar surface area (TPSA) is 87.3 Å². The Morgan fingerprint density at radius 3 is 2.29 bits per heavy atom. The molecular weight excluding hydrogens is 210 g/mol. The lowest BCUT2D eigenvalue weighted by atomic mass is 10.5. The zero-order chi connectivity index (χ0) is 11.0. The highest BCUT2D eigenvalue weighted by Gasteiger charge is 2.06. The van der Waals surface area contributed by atoms with E-state index in [-0.39, 0.29) is 18.3 Å². The first-order chi connectivity index (χ1) is 6.60. The second kappa shape index (κ2) is 7.14. The molecule has 0 aliphatic carbocycles. The first-order valence-corrected chi connectivity index (χ1v) is 4.54. The normalized spacial score (nSPS) is 9.00. The van der Waals surface area contributed by atoms with Gasteiger partial charge in [0.15, 0.2) is 0 Å². The molecular formula is C7H12ClN3O3. The van der Waals surface area contributed by atoms with E-state index in [1.54, 1.807) is 6.92 Å². The summed E-state index contributed by atoms with van der Waals surface area (Å²) in [5.74, 6) is -1.23. The molecule has 0 rings (SSSR count). The van der Waals surface area contributed by atoms with Gasteiger partial charge in [0.25, 0.3) is 0 Å². The Morgan fingerprint density at radius 1 is 1.14 bits per heavy atom. The van der Waals surface area contributed by atoms with E-state index < -0.39 is 11.9 Å². The van der Waals surface area contributed by atoms with Crippen LogP contribution >= 0.6 is 11.6 Å². The van der Waals surface area contributed by atoms with E-state index in [1.807, 2.05) is 5.32 Å². The number of urea groups is 1. The summed E-state index contributed by atoms with van der Waals surface area (Å²) in [6.07, 6.45) is 0. The molecule has 0 aromatic rings. The van der Waals surface area contributed by atoms with Gasteiger partial charge in [-0.3, -0.25) is 14.9 Å². The summed E-state index contributed by atoms with van der Waals surface area (Å²) in [5.41, 5.74) is 0. The van der Waals surface area contributed by atoms with Crippen LogP contribution in [0.3, 0.4) is 0 Å². The minimum atomic E-state index is -0.734. The number of hydrogen-bond donors (Lipinski definition) is 3. The highest BCUT2D eigenvalue weighted by atomic mass is 35.5. The van der Waals surface area contributed by atoms with Crippen LogP contribution in [0.25, 0.3) is 0 Å². The number of nitrogens with one attached hydrogen (secondary N) is 3. The van der Waals surface area contributed by atoms with Crippen molar-refractivity contribution in [2.75, 3.05) is 19.0 Å². The second-order valence-electron chi connectivity index (χ2n) is 2.32. The molecule has 0 saturated heterocycles. The molecule has 0 aromatic heterocycles. The highest BCUT2D eigenvalue weighted by molar-refractivity contribution is 6.28. The predicted octanol–water partition coefficient (Wildman–Crippen LogP) is -0.813. The average Bonchev–Trinajstić information content (AvgIpc) is 2.15. The largest absolute Gasteiger partial charge is 0.355 e. The van der Waals surface area contributed by atoms with E-state index in [0.717, 1.165) is 0 Å². The van der Waals surface area contributed by atoms with Gasteiger partial charge in [-0.15, -0.1) is 11.6 Å². The molecule has 0 unspecified atom stereocenters. The fourth-order valence-corrected chi connectivity index (χ4v) is 0.691. The van der Waals surface area contributed by atoms with E-state index in [0.29, 0.717) is 6.54 Å². The molecule has 0 aromatic carbocycles. The van der Waals surface area contributed by atoms with Gasteiger partial charge in [-0.05, 0) is 6.92 Å². The summed E-state index contributed by atoms with van der Waals surface area (Å²) in [6, 6.07) is -0.734. The van der Waals surface area contributed by atoms with Crippen molar-refractivity contribution in [3.8, 4) is 0 Å². The van der Waals surface area contributed by atoms with Gasteiger partial charge in [0.2, 0.25) is 11.8 Å². The lowest BCUT2D eigenvalue weighted by Gasteiger charge is -2.04.